The molecule has 4 aliphatic rings. The van der Waals surface area contributed by atoms with Crippen LogP contribution in [0.2, 0.25) is 0 Å². The van der Waals surface area contributed by atoms with Crippen molar-refractivity contribution < 1.29 is 100 Å². The average molecular weight is 1160 g/mol. The number of carbonyl (C=O) groups excluding carboxylic acids is 6. The first-order valence-corrected chi connectivity index (χ1v) is 28.2. The zero-order chi connectivity index (χ0) is 60.4. The molecule has 3 aromatic rings. The number of carbonyl (C=O) groups is 6. The minimum atomic E-state index is -1.94. The molecule has 4 heterocycles. The van der Waals surface area contributed by atoms with E-state index < -0.39 is 145 Å². The maximum atomic E-state index is 15.0. The molecule has 0 aromatic heterocycles. The Morgan fingerprint density at radius 2 is 1.25 bits per heavy atom. The van der Waals surface area contributed by atoms with Crippen LogP contribution in [0.1, 0.15) is 112 Å². The molecule has 0 unspecified atom stereocenters. The van der Waals surface area contributed by atoms with Crippen molar-refractivity contribution in [1.82, 2.24) is 4.90 Å². The van der Waals surface area contributed by atoms with Crippen molar-refractivity contribution >= 4 is 36.5 Å². The molecule has 4 fully saturated rings. The number of nitrogens with zero attached hydrogens (tertiary/aromatic N) is 1. The molecule has 1 N–H and O–H groups in total. The van der Waals surface area contributed by atoms with E-state index >= 15 is 4.79 Å². The molecule has 1 amide bonds. The molecule has 83 heavy (non-hydrogen) atoms. The molecule has 0 bridgehead atoms. The van der Waals surface area contributed by atoms with Gasteiger partial charge in [0.1, 0.15) is 43.2 Å². The van der Waals surface area contributed by atoms with Crippen LogP contribution >= 0.6 is 0 Å². The summed E-state index contributed by atoms with van der Waals surface area (Å²) < 4.78 is 86.7. The van der Waals surface area contributed by atoms with E-state index in [0.29, 0.717) is 5.56 Å². The third-order valence-corrected chi connectivity index (χ3v) is 16.1. The number of aliphatic hydroxyl groups is 1. The lowest BCUT2D eigenvalue weighted by Gasteiger charge is -2.50. The third kappa shape index (κ3) is 15.6. The maximum absolute atomic E-state index is 15.0. The van der Waals surface area contributed by atoms with E-state index in [0.717, 1.165) is 11.1 Å². The van der Waals surface area contributed by atoms with Crippen LogP contribution in [0.15, 0.2) is 91.0 Å². The molecule has 18 atom stereocenters. The van der Waals surface area contributed by atoms with Gasteiger partial charge in [-0.15, -0.1) is 0 Å². The molecule has 22 nitrogen and oxygen atoms in total. The lowest BCUT2D eigenvalue weighted by Crippen LogP contribution is -2.62. The number of ether oxygens (including phenoxy) is 14. The number of aliphatic hydroxyl groups excluding tert-OH is 1. The Hall–Kier alpha value is -6.56. The van der Waals surface area contributed by atoms with Crippen molar-refractivity contribution in [2.24, 2.45) is 17.8 Å². The molecule has 0 aliphatic carbocycles. The summed E-state index contributed by atoms with van der Waals surface area (Å²) >= 11 is 0. The fourth-order valence-corrected chi connectivity index (χ4v) is 11.7. The van der Waals surface area contributed by atoms with E-state index in [-0.39, 0.29) is 45.5 Å². The van der Waals surface area contributed by atoms with Crippen LogP contribution in [0.3, 0.4) is 0 Å². The van der Waals surface area contributed by atoms with Crippen molar-refractivity contribution in [2.45, 2.75) is 205 Å². The molecule has 4 aliphatic heterocycles. The monoisotopic (exact) mass is 1160 g/mol. The van der Waals surface area contributed by atoms with Crippen LogP contribution in [0.5, 0.6) is 0 Å². The summed E-state index contributed by atoms with van der Waals surface area (Å²) in [5.41, 5.74) is -2.85. The molecule has 4 saturated heterocycles. The highest BCUT2D eigenvalue weighted by Crippen LogP contribution is 2.44. The molecular weight excluding hydrogens is 1080 g/mol. The van der Waals surface area contributed by atoms with Gasteiger partial charge in [-0.3, -0.25) is 9.59 Å². The number of cyclic esters (lactones) is 2. The summed E-state index contributed by atoms with van der Waals surface area (Å²) in [6, 6.07) is 26.0. The van der Waals surface area contributed by atoms with Crippen LogP contribution in [0.25, 0.3) is 0 Å². The molecule has 0 saturated carbocycles. The topological polar surface area (TPSA) is 255 Å². The summed E-state index contributed by atoms with van der Waals surface area (Å²) in [6.07, 6.45) is -17.9. The number of fused-ring (bicyclic) bond motifs is 1. The zero-order valence-electron chi connectivity index (χ0n) is 49.3. The molecule has 3 aromatic carbocycles. The van der Waals surface area contributed by atoms with Gasteiger partial charge in [0.2, 0.25) is 0 Å². The van der Waals surface area contributed by atoms with Crippen molar-refractivity contribution in [3.8, 4) is 0 Å². The van der Waals surface area contributed by atoms with Gasteiger partial charge < -0.3 is 76.3 Å². The van der Waals surface area contributed by atoms with Crippen LogP contribution in [-0.2, 0) is 95.7 Å². The standard InChI is InChI=1S/C61H81NO21/c1-13-45-61(10)50(80-58(69)83-61)39(6)53(65)82-60(9,30-35(2)63)49(37(4)47(38(5)52(64)76-45)77-46-31-59(8,70-12)51(40(7)75-46)81-57(68)73-34-43-27-21-16-22-28-43)79-54-48(78-56(67)72-33-42-25-19-15-20-26-42)44(29-36(3)74-54)62(11)55(66)71-32-41-23-17-14-18-24-41/h14-28,35-40,44-51,54,63H,13,29-34H2,1-12H3/t35-,36+,37-,38+,39+,40-,44-,45+,46-,47-,48+,49+,50+,51-,54-,59+,60+,61+/m0/s1. The summed E-state index contributed by atoms with van der Waals surface area (Å²) in [5, 5.41) is 11.5. The zero-order valence-corrected chi connectivity index (χ0v) is 49.3. The van der Waals surface area contributed by atoms with Gasteiger partial charge >= 0.3 is 36.5 Å². The van der Waals surface area contributed by atoms with Gasteiger partial charge in [0.15, 0.2) is 36.5 Å². The number of esters is 2. The van der Waals surface area contributed by atoms with Crippen LogP contribution < -0.4 is 0 Å². The number of hydrogen-bond acceptors (Lipinski definition) is 21. The summed E-state index contributed by atoms with van der Waals surface area (Å²) in [7, 11) is 2.92. The van der Waals surface area contributed by atoms with Crippen LogP contribution in [-0.4, -0.2) is 151 Å². The summed E-state index contributed by atoms with van der Waals surface area (Å²) in [5.74, 6) is -5.44. The largest absolute Gasteiger partial charge is 0.509 e. The van der Waals surface area contributed by atoms with E-state index in [1.54, 1.807) is 90.1 Å². The lowest BCUT2D eigenvalue weighted by molar-refractivity contribution is -0.319. The third-order valence-electron chi connectivity index (χ3n) is 16.1. The second-order valence-electron chi connectivity index (χ2n) is 22.7. The Balaban J connectivity index is 1.30. The van der Waals surface area contributed by atoms with Gasteiger partial charge in [0, 0.05) is 32.9 Å². The fourth-order valence-electron chi connectivity index (χ4n) is 11.7. The molecule has 22 heteroatoms. The fraction of sp³-hybridized carbons (Fsp3) is 0.607. The minimum Gasteiger partial charge on any atom is -0.458 e. The molecule has 456 valence electrons. The molecular formula is C61H81NO21. The summed E-state index contributed by atoms with van der Waals surface area (Å²) in [6.45, 7) is 15.7. The number of amides is 1. The van der Waals surface area contributed by atoms with Crippen molar-refractivity contribution in [2.75, 3.05) is 14.2 Å². The number of methoxy groups -OCH3 is 1. The predicted molar refractivity (Wildman–Crippen MR) is 292 cm³/mol. The molecule has 7 rings (SSSR count). The summed E-state index contributed by atoms with van der Waals surface area (Å²) in [4.78, 5) is 85.7. The first-order chi connectivity index (χ1) is 39.4. The molecule has 0 spiro atoms. The highest BCUT2D eigenvalue weighted by molar-refractivity contribution is 5.76. The van der Waals surface area contributed by atoms with E-state index in [1.807, 2.05) is 42.5 Å². The predicted octanol–water partition coefficient (Wildman–Crippen LogP) is 9.12. The number of hydrogen-bond donors (Lipinski definition) is 1. The average Bonchev–Trinajstić information content (AvgIpc) is 4.04. The van der Waals surface area contributed by atoms with Crippen LogP contribution in [0.4, 0.5) is 19.2 Å². The maximum Gasteiger partial charge on any atom is 0.509 e. The van der Waals surface area contributed by atoms with Crippen LogP contribution in [0, 0.1) is 17.8 Å². The second-order valence-corrected chi connectivity index (χ2v) is 22.7. The number of rotatable bonds is 17. The Kier molecular flexibility index (Phi) is 21.5. The highest BCUT2D eigenvalue weighted by Gasteiger charge is 2.61. The normalized spacial score (nSPS) is 34.3. The van der Waals surface area contributed by atoms with E-state index in [2.05, 4.69) is 0 Å². The first-order valence-electron chi connectivity index (χ1n) is 28.2. The van der Waals surface area contributed by atoms with E-state index in [1.165, 1.54) is 46.8 Å². The Morgan fingerprint density at radius 3 is 1.80 bits per heavy atom. The lowest BCUT2D eigenvalue weighted by atomic mass is 9.78. The van der Waals surface area contributed by atoms with Crippen molar-refractivity contribution in [3.63, 3.8) is 0 Å². The van der Waals surface area contributed by atoms with Gasteiger partial charge in [-0.25, -0.2) is 19.2 Å². The second kappa shape index (κ2) is 27.9. The van der Waals surface area contributed by atoms with Gasteiger partial charge in [0.25, 0.3) is 0 Å². The number of likely N-dealkylation sites (N-methyl/N-ethyl adjacent to an activating group) is 1. The van der Waals surface area contributed by atoms with Gasteiger partial charge in [-0.2, -0.15) is 0 Å². The minimum absolute atomic E-state index is 0.0567. The van der Waals surface area contributed by atoms with Crippen molar-refractivity contribution in [3.05, 3.63) is 108 Å². The smallest absolute Gasteiger partial charge is 0.458 e. The quantitative estimate of drug-likeness (QED) is 0.0976. The Morgan fingerprint density at radius 1 is 0.699 bits per heavy atom. The van der Waals surface area contributed by atoms with Gasteiger partial charge in [-0.1, -0.05) is 105 Å². The number of benzene rings is 3. The van der Waals surface area contributed by atoms with E-state index in [4.69, 9.17) is 66.3 Å². The Labute approximate surface area is 484 Å². The molecule has 0 radical (unpaired) electrons. The SMILES string of the molecule is CC[C@H]1OC(=O)[C@H](C)[C@@H](O[C@H]2C[C@@](C)(OC)[C@@H](OC(=O)OCc3ccccc3)[C@H](C)O2)[C@H](C)[C@@H](O[C@@H]2O[C@H](C)C[C@H](N(C)C(=O)OCc3ccccc3)[C@H]2OC(=O)OCc2ccccc2)[C@@](C)(C[C@H](C)O)OC(=O)[C@H](C)[C@H]2OC(=O)O[C@@]21C. The first kappa shape index (κ1) is 64.0. The van der Waals surface area contributed by atoms with Gasteiger partial charge in [0.05, 0.1) is 42.3 Å². The van der Waals surface area contributed by atoms with Gasteiger partial charge in [-0.05, 0) is 84.9 Å². The Bertz CT molecular complexity index is 2650. The van der Waals surface area contributed by atoms with E-state index in [9.17, 15) is 29.1 Å². The highest BCUT2D eigenvalue weighted by atomic mass is 16.8. The van der Waals surface area contributed by atoms with Crippen molar-refractivity contribution in [1.29, 1.82) is 0 Å².